The topological polar surface area (TPSA) is 66.8 Å². The Kier molecular flexibility index (Phi) is 4.65. The van der Waals surface area contributed by atoms with Gasteiger partial charge in [0.2, 0.25) is 0 Å². The number of carbonyl (C=O) groups excluding carboxylic acids is 1. The highest BCUT2D eigenvalue weighted by Gasteiger charge is 2.36. The lowest BCUT2D eigenvalue weighted by atomic mass is 10.2. The number of ether oxygens (including phenoxy) is 1. The van der Waals surface area contributed by atoms with Crippen molar-refractivity contribution in [1.29, 1.82) is 0 Å². The number of carboxylic acids is 1. The summed E-state index contributed by atoms with van der Waals surface area (Å²) in [5.41, 5.74) is 0. The summed E-state index contributed by atoms with van der Waals surface area (Å²) in [5.74, 6) is -0.672. The zero-order valence-corrected chi connectivity index (χ0v) is 12.7. The zero-order chi connectivity index (χ0) is 14.7. The second-order valence-electron chi connectivity index (χ2n) is 4.72. The maximum atomic E-state index is 12.3. The minimum absolute atomic E-state index is 0.286. The van der Waals surface area contributed by atoms with Crippen LogP contribution in [-0.2, 0) is 9.59 Å². The van der Waals surface area contributed by atoms with Crippen LogP contribution in [0.4, 0.5) is 0 Å². The number of likely N-dealkylation sites (tertiary alicyclic amines) is 1. The summed E-state index contributed by atoms with van der Waals surface area (Å²) >= 11 is 3.35. The third-order valence-electron chi connectivity index (χ3n) is 3.31. The second-order valence-corrected chi connectivity index (χ2v) is 5.57. The van der Waals surface area contributed by atoms with Gasteiger partial charge in [-0.05, 0) is 47.8 Å². The van der Waals surface area contributed by atoms with Gasteiger partial charge >= 0.3 is 5.97 Å². The van der Waals surface area contributed by atoms with Crippen LogP contribution in [0.25, 0.3) is 0 Å². The molecule has 1 aromatic carbocycles. The number of para-hydroxylation sites is 1. The molecule has 1 aliphatic rings. The molecule has 0 radical (unpaired) electrons. The number of rotatable bonds is 4. The molecule has 1 heterocycles. The normalized spacial score (nSPS) is 19.7. The summed E-state index contributed by atoms with van der Waals surface area (Å²) in [6.07, 6.45) is 0.501. The number of hydrogen-bond acceptors (Lipinski definition) is 3. The van der Waals surface area contributed by atoms with Crippen molar-refractivity contribution in [2.75, 3.05) is 6.54 Å². The molecule has 20 heavy (non-hydrogen) atoms. The molecule has 0 saturated carbocycles. The smallest absolute Gasteiger partial charge is 0.326 e. The molecule has 1 saturated heterocycles. The lowest BCUT2D eigenvalue weighted by molar-refractivity contribution is -0.150. The molecule has 1 aliphatic heterocycles. The average Bonchev–Trinajstić information content (AvgIpc) is 2.89. The van der Waals surface area contributed by atoms with Crippen molar-refractivity contribution in [2.45, 2.75) is 31.9 Å². The van der Waals surface area contributed by atoms with Crippen molar-refractivity contribution in [3.63, 3.8) is 0 Å². The molecule has 2 rings (SSSR count). The van der Waals surface area contributed by atoms with Gasteiger partial charge in [0.1, 0.15) is 11.8 Å². The Morgan fingerprint density at radius 3 is 2.80 bits per heavy atom. The fourth-order valence-electron chi connectivity index (χ4n) is 2.30. The van der Waals surface area contributed by atoms with E-state index in [0.717, 1.165) is 4.47 Å². The Balaban J connectivity index is 2.05. The van der Waals surface area contributed by atoms with Gasteiger partial charge in [-0.3, -0.25) is 4.79 Å². The summed E-state index contributed by atoms with van der Waals surface area (Å²) < 4.78 is 6.38. The minimum atomic E-state index is -0.955. The summed E-state index contributed by atoms with van der Waals surface area (Å²) in [6.45, 7) is 2.11. The van der Waals surface area contributed by atoms with E-state index in [1.807, 2.05) is 18.2 Å². The first-order chi connectivity index (χ1) is 9.50. The molecule has 1 amide bonds. The van der Waals surface area contributed by atoms with Crippen LogP contribution >= 0.6 is 15.9 Å². The Bertz CT molecular complexity index is 520. The molecular weight excluding hydrogens is 326 g/mol. The van der Waals surface area contributed by atoms with Gasteiger partial charge in [0.05, 0.1) is 4.47 Å². The molecule has 1 fully saturated rings. The van der Waals surface area contributed by atoms with Crippen molar-refractivity contribution in [3.8, 4) is 5.75 Å². The molecule has 1 aromatic rings. The Morgan fingerprint density at radius 1 is 1.45 bits per heavy atom. The molecule has 0 spiro atoms. The van der Waals surface area contributed by atoms with E-state index in [9.17, 15) is 9.59 Å². The van der Waals surface area contributed by atoms with Crippen LogP contribution in [0.2, 0.25) is 0 Å². The van der Waals surface area contributed by atoms with Crippen molar-refractivity contribution in [3.05, 3.63) is 28.7 Å². The molecule has 1 N–H and O–H groups in total. The molecule has 5 nitrogen and oxygen atoms in total. The number of benzene rings is 1. The summed E-state index contributed by atoms with van der Waals surface area (Å²) in [6, 6.07) is 6.51. The molecule has 108 valence electrons. The van der Waals surface area contributed by atoms with Crippen molar-refractivity contribution < 1.29 is 19.4 Å². The molecule has 0 aromatic heterocycles. The first kappa shape index (κ1) is 14.8. The van der Waals surface area contributed by atoms with Crippen LogP contribution in [0.15, 0.2) is 28.7 Å². The SMILES string of the molecule is CC(Oc1ccccc1Br)C(=O)N1CCC[C@H]1C(=O)O. The number of amides is 1. The van der Waals surface area contributed by atoms with Crippen LogP contribution in [0, 0.1) is 0 Å². The fourth-order valence-corrected chi connectivity index (χ4v) is 2.68. The van der Waals surface area contributed by atoms with Crippen LogP contribution < -0.4 is 4.74 Å². The third kappa shape index (κ3) is 3.12. The maximum Gasteiger partial charge on any atom is 0.326 e. The van der Waals surface area contributed by atoms with Crippen LogP contribution in [0.3, 0.4) is 0 Å². The molecule has 6 heteroatoms. The fraction of sp³-hybridized carbons (Fsp3) is 0.429. The number of hydrogen-bond donors (Lipinski definition) is 1. The van der Waals surface area contributed by atoms with E-state index >= 15 is 0 Å². The molecule has 2 atom stereocenters. The maximum absolute atomic E-state index is 12.3. The van der Waals surface area contributed by atoms with E-state index in [0.29, 0.717) is 25.1 Å². The highest BCUT2D eigenvalue weighted by Crippen LogP contribution is 2.26. The van der Waals surface area contributed by atoms with Gasteiger partial charge in [-0.2, -0.15) is 0 Å². The van der Waals surface area contributed by atoms with Gasteiger partial charge in [-0.15, -0.1) is 0 Å². The monoisotopic (exact) mass is 341 g/mol. The van der Waals surface area contributed by atoms with E-state index < -0.39 is 18.1 Å². The van der Waals surface area contributed by atoms with Gasteiger partial charge in [-0.25, -0.2) is 4.79 Å². The van der Waals surface area contributed by atoms with Crippen molar-refractivity contribution in [1.82, 2.24) is 4.90 Å². The summed E-state index contributed by atoms with van der Waals surface area (Å²) in [4.78, 5) is 24.8. The van der Waals surface area contributed by atoms with Gasteiger partial charge < -0.3 is 14.7 Å². The van der Waals surface area contributed by atoms with E-state index in [1.54, 1.807) is 13.0 Å². The van der Waals surface area contributed by atoms with E-state index in [2.05, 4.69) is 15.9 Å². The standard InChI is InChI=1S/C14H16BrNO4/c1-9(20-12-7-3-2-5-10(12)15)13(17)16-8-4-6-11(16)14(18)19/h2-3,5,7,9,11H,4,6,8H2,1H3,(H,18,19)/t9?,11-/m0/s1. The molecule has 1 unspecified atom stereocenters. The number of halogens is 1. The van der Waals surface area contributed by atoms with Crippen LogP contribution in [0.1, 0.15) is 19.8 Å². The van der Waals surface area contributed by atoms with Crippen LogP contribution in [-0.4, -0.2) is 40.6 Å². The van der Waals surface area contributed by atoms with E-state index in [4.69, 9.17) is 9.84 Å². The van der Waals surface area contributed by atoms with Gasteiger partial charge in [0.25, 0.3) is 5.91 Å². The molecule has 0 aliphatic carbocycles. The first-order valence-electron chi connectivity index (χ1n) is 6.45. The number of aliphatic carboxylic acids is 1. The van der Waals surface area contributed by atoms with Crippen LogP contribution in [0.5, 0.6) is 5.75 Å². The number of nitrogens with zero attached hydrogens (tertiary/aromatic N) is 1. The predicted octanol–water partition coefficient (Wildman–Crippen LogP) is 2.29. The Labute approximate surface area is 125 Å². The zero-order valence-electron chi connectivity index (χ0n) is 11.1. The Morgan fingerprint density at radius 2 is 2.15 bits per heavy atom. The number of carboxylic acid groups (broad SMARTS) is 1. The van der Waals surface area contributed by atoms with E-state index in [1.165, 1.54) is 4.90 Å². The summed E-state index contributed by atoms with van der Waals surface area (Å²) in [7, 11) is 0. The lowest BCUT2D eigenvalue weighted by Crippen LogP contribution is -2.46. The quantitative estimate of drug-likeness (QED) is 0.912. The van der Waals surface area contributed by atoms with Crippen molar-refractivity contribution in [2.24, 2.45) is 0 Å². The summed E-state index contributed by atoms with van der Waals surface area (Å²) in [5, 5.41) is 9.11. The second kappa shape index (κ2) is 6.26. The van der Waals surface area contributed by atoms with E-state index in [-0.39, 0.29) is 5.91 Å². The van der Waals surface area contributed by atoms with Gasteiger partial charge in [0, 0.05) is 6.54 Å². The minimum Gasteiger partial charge on any atom is -0.480 e. The molecule has 0 bridgehead atoms. The number of carbonyl (C=O) groups is 2. The highest BCUT2D eigenvalue weighted by atomic mass is 79.9. The largest absolute Gasteiger partial charge is 0.480 e. The first-order valence-corrected chi connectivity index (χ1v) is 7.24. The van der Waals surface area contributed by atoms with Crippen molar-refractivity contribution >= 4 is 27.8 Å². The third-order valence-corrected chi connectivity index (χ3v) is 3.96. The van der Waals surface area contributed by atoms with Gasteiger partial charge in [0.15, 0.2) is 6.10 Å². The predicted molar refractivity (Wildman–Crippen MR) is 76.6 cm³/mol. The highest BCUT2D eigenvalue weighted by molar-refractivity contribution is 9.10. The Hall–Kier alpha value is -1.56. The lowest BCUT2D eigenvalue weighted by Gasteiger charge is -2.25. The average molecular weight is 342 g/mol. The molecular formula is C14H16BrNO4. The van der Waals surface area contributed by atoms with Gasteiger partial charge in [-0.1, -0.05) is 12.1 Å².